The minimum absolute atomic E-state index is 0.0633. The summed E-state index contributed by atoms with van der Waals surface area (Å²) in [6, 6.07) is 4.56. The molecule has 2 N–H and O–H groups in total. The highest BCUT2D eigenvalue weighted by atomic mass is 32.2. The number of likely N-dealkylation sites (N-methyl/N-ethyl adjacent to an activating group) is 1. The molecule has 12 heteroatoms. The van der Waals surface area contributed by atoms with Crippen molar-refractivity contribution in [1.29, 1.82) is 0 Å². The lowest BCUT2D eigenvalue weighted by Gasteiger charge is -2.21. The molecule has 3 heterocycles. The first-order valence-electron chi connectivity index (χ1n) is 11.8. The average Bonchev–Trinajstić information content (AvgIpc) is 3.03. The Morgan fingerprint density at radius 1 is 1.23 bits per heavy atom. The fourth-order valence-corrected chi connectivity index (χ4v) is 5.75. The number of rotatable bonds is 7. The predicted molar refractivity (Wildman–Crippen MR) is 131 cm³/mol. The van der Waals surface area contributed by atoms with Crippen molar-refractivity contribution < 1.29 is 18.3 Å². The van der Waals surface area contributed by atoms with Crippen LogP contribution in [0.3, 0.4) is 0 Å². The Hall–Kier alpha value is -2.80. The zero-order valence-electron chi connectivity index (χ0n) is 20.5. The second-order valence-electron chi connectivity index (χ2n) is 8.67. The van der Waals surface area contributed by atoms with Gasteiger partial charge in [-0.3, -0.25) is 9.69 Å². The maximum Gasteiger partial charge on any atom is 0.277 e. The van der Waals surface area contributed by atoms with Crippen molar-refractivity contribution in [2.75, 3.05) is 33.3 Å². The van der Waals surface area contributed by atoms with Gasteiger partial charge >= 0.3 is 0 Å². The number of H-pyrrole nitrogens is 1. The van der Waals surface area contributed by atoms with Gasteiger partial charge in [-0.05, 0) is 45.5 Å². The number of imidazole rings is 1. The standard InChI is InChI=1S/C23H32N6O5S/c1-5-7-19-24-15(3)21-23(31)25-22(26-29(19)21)17-14-16(8-9-18(17)34-6-2)35(32,33)28-11-10-20(30)27(4)12-13-28/h8-9,14,20,30H,5-7,10-13H2,1-4H3,(H,25,26,31). The van der Waals surface area contributed by atoms with E-state index in [9.17, 15) is 18.3 Å². The monoisotopic (exact) mass is 504 g/mol. The zero-order valence-corrected chi connectivity index (χ0v) is 21.3. The molecule has 0 spiro atoms. The molecule has 0 saturated carbocycles. The maximum atomic E-state index is 13.5. The molecule has 1 saturated heterocycles. The van der Waals surface area contributed by atoms with E-state index in [0.717, 1.165) is 6.42 Å². The van der Waals surface area contributed by atoms with E-state index in [2.05, 4.69) is 15.1 Å². The molecule has 0 amide bonds. The fraction of sp³-hybridized carbons (Fsp3) is 0.522. The summed E-state index contributed by atoms with van der Waals surface area (Å²) >= 11 is 0. The van der Waals surface area contributed by atoms with Gasteiger partial charge in [0.25, 0.3) is 5.56 Å². The molecule has 1 fully saturated rings. The minimum Gasteiger partial charge on any atom is -0.493 e. The van der Waals surface area contributed by atoms with E-state index in [1.165, 1.54) is 21.0 Å². The molecule has 0 aliphatic carbocycles. The summed E-state index contributed by atoms with van der Waals surface area (Å²) in [7, 11) is -2.10. The summed E-state index contributed by atoms with van der Waals surface area (Å²) in [6.45, 7) is 6.83. The number of aromatic nitrogens is 4. The Balaban J connectivity index is 1.83. The van der Waals surface area contributed by atoms with Crippen LogP contribution in [0.5, 0.6) is 5.75 Å². The fourth-order valence-electron chi connectivity index (χ4n) is 4.28. The average molecular weight is 505 g/mol. The van der Waals surface area contributed by atoms with E-state index < -0.39 is 16.3 Å². The Labute approximate surface area is 204 Å². The number of ether oxygens (including phenoxy) is 1. The van der Waals surface area contributed by atoms with Gasteiger partial charge in [-0.2, -0.15) is 4.31 Å². The lowest BCUT2D eigenvalue weighted by atomic mass is 10.2. The van der Waals surface area contributed by atoms with Crippen molar-refractivity contribution in [2.24, 2.45) is 0 Å². The van der Waals surface area contributed by atoms with Gasteiger partial charge < -0.3 is 14.8 Å². The molecule has 0 radical (unpaired) electrons. The number of sulfonamides is 1. The van der Waals surface area contributed by atoms with Crippen LogP contribution < -0.4 is 10.3 Å². The molecule has 4 rings (SSSR count). The van der Waals surface area contributed by atoms with E-state index in [4.69, 9.17) is 4.74 Å². The van der Waals surface area contributed by atoms with Gasteiger partial charge in [0, 0.05) is 32.5 Å². The first-order valence-corrected chi connectivity index (χ1v) is 13.3. The Kier molecular flexibility index (Phi) is 7.27. The van der Waals surface area contributed by atoms with Gasteiger partial charge in [0.2, 0.25) is 10.0 Å². The van der Waals surface area contributed by atoms with Gasteiger partial charge in [-0.1, -0.05) is 6.92 Å². The van der Waals surface area contributed by atoms with Gasteiger partial charge in [-0.25, -0.2) is 17.9 Å². The summed E-state index contributed by atoms with van der Waals surface area (Å²) < 4.78 is 35.7. The number of aryl methyl sites for hydroxylation is 2. The number of hydrogen-bond donors (Lipinski definition) is 2. The van der Waals surface area contributed by atoms with Crippen LogP contribution in [0.4, 0.5) is 0 Å². The number of hydrogen-bond acceptors (Lipinski definition) is 8. The first kappa shape index (κ1) is 25.3. The number of aromatic amines is 1. The summed E-state index contributed by atoms with van der Waals surface area (Å²) in [5, 5.41) is 14.7. The van der Waals surface area contributed by atoms with Gasteiger partial charge in [0.15, 0.2) is 11.3 Å². The summed E-state index contributed by atoms with van der Waals surface area (Å²) in [5.41, 5.74) is 0.963. The van der Waals surface area contributed by atoms with Crippen LogP contribution in [-0.2, 0) is 16.4 Å². The van der Waals surface area contributed by atoms with E-state index in [1.807, 2.05) is 13.8 Å². The van der Waals surface area contributed by atoms with Crippen molar-refractivity contribution >= 4 is 15.5 Å². The van der Waals surface area contributed by atoms with Crippen molar-refractivity contribution in [3.63, 3.8) is 0 Å². The van der Waals surface area contributed by atoms with E-state index in [0.29, 0.717) is 54.3 Å². The lowest BCUT2D eigenvalue weighted by Crippen LogP contribution is -2.35. The number of fused-ring (bicyclic) bond motifs is 1. The molecule has 11 nitrogen and oxygen atoms in total. The van der Waals surface area contributed by atoms with Gasteiger partial charge in [0.1, 0.15) is 17.8 Å². The molecular weight excluding hydrogens is 472 g/mol. The van der Waals surface area contributed by atoms with E-state index in [1.54, 1.807) is 24.9 Å². The predicted octanol–water partition coefficient (Wildman–Crippen LogP) is 1.39. The third-order valence-electron chi connectivity index (χ3n) is 6.21. The quantitative estimate of drug-likeness (QED) is 0.493. The minimum atomic E-state index is -3.86. The lowest BCUT2D eigenvalue weighted by molar-refractivity contribution is 0.0268. The molecule has 1 aliphatic rings. The number of benzene rings is 1. The number of aliphatic hydroxyl groups excluding tert-OH is 1. The molecule has 1 aliphatic heterocycles. The van der Waals surface area contributed by atoms with E-state index in [-0.39, 0.29) is 29.4 Å². The molecule has 1 unspecified atom stereocenters. The van der Waals surface area contributed by atoms with Crippen molar-refractivity contribution in [2.45, 2.75) is 51.2 Å². The van der Waals surface area contributed by atoms with Crippen molar-refractivity contribution in [3.05, 3.63) is 40.1 Å². The third kappa shape index (κ3) is 4.83. The third-order valence-corrected chi connectivity index (χ3v) is 8.10. The molecule has 190 valence electrons. The van der Waals surface area contributed by atoms with Gasteiger partial charge in [-0.15, -0.1) is 5.10 Å². The molecule has 35 heavy (non-hydrogen) atoms. The second kappa shape index (κ2) is 10.1. The molecule has 0 bridgehead atoms. The highest BCUT2D eigenvalue weighted by Gasteiger charge is 2.30. The zero-order chi connectivity index (χ0) is 25.3. The maximum absolute atomic E-state index is 13.5. The first-order chi connectivity index (χ1) is 16.7. The van der Waals surface area contributed by atoms with Crippen LogP contribution in [-0.4, -0.2) is 81.8 Å². The Bertz CT molecular complexity index is 1370. The normalized spacial score (nSPS) is 18.1. The summed E-state index contributed by atoms with van der Waals surface area (Å²) in [5.74, 6) is 1.28. The topological polar surface area (TPSA) is 133 Å². The SMILES string of the molecule is CCCc1nc(C)c2c(=O)[nH]c(-c3cc(S(=O)(=O)N4CCC(O)N(C)CC4)ccc3OCC)nn12. The van der Waals surface area contributed by atoms with Crippen LogP contribution >= 0.6 is 0 Å². The molecule has 2 aromatic heterocycles. The van der Waals surface area contributed by atoms with Crippen LogP contribution in [0.1, 0.15) is 38.2 Å². The summed E-state index contributed by atoms with van der Waals surface area (Å²) in [4.78, 5) is 22.0. The van der Waals surface area contributed by atoms with Crippen LogP contribution in [0.25, 0.3) is 16.9 Å². The van der Waals surface area contributed by atoms with Crippen LogP contribution in [0.15, 0.2) is 27.9 Å². The molecule has 1 aromatic carbocycles. The summed E-state index contributed by atoms with van der Waals surface area (Å²) in [6.07, 6.45) is 1.10. The molecular formula is C23H32N6O5S. The second-order valence-corrected chi connectivity index (χ2v) is 10.6. The molecule has 1 atom stereocenters. The number of nitrogens with one attached hydrogen (secondary N) is 1. The smallest absolute Gasteiger partial charge is 0.277 e. The van der Waals surface area contributed by atoms with E-state index >= 15 is 0 Å². The number of aliphatic hydroxyl groups is 1. The van der Waals surface area contributed by atoms with Crippen LogP contribution in [0, 0.1) is 6.92 Å². The Morgan fingerprint density at radius 2 is 2.00 bits per heavy atom. The Morgan fingerprint density at radius 3 is 2.71 bits per heavy atom. The largest absolute Gasteiger partial charge is 0.493 e. The molecule has 3 aromatic rings. The van der Waals surface area contributed by atoms with Crippen LogP contribution in [0.2, 0.25) is 0 Å². The number of nitrogens with zero attached hydrogens (tertiary/aromatic N) is 5. The van der Waals surface area contributed by atoms with Crippen molar-refractivity contribution in [3.8, 4) is 17.1 Å². The van der Waals surface area contributed by atoms with Crippen molar-refractivity contribution in [1.82, 2.24) is 28.8 Å². The highest BCUT2D eigenvalue weighted by Crippen LogP contribution is 2.31. The highest BCUT2D eigenvalue weighted by molar-refractivity contribution is 7.89. The van der Waals surface area contributed by atoms with Gasteiger partial charge in [0.05, 0.1) is 22.8 Å².